The lowest BCUT2D eigenvalue weighted by molar-refractivity contribution is 0.0199. The van der Waals surface area contributed by atoms with Crippen molar-refractivity contribution in [3.63, 3.8) is 0 Å². The molecule has 3 heteroatoms. The van der Waals surface area contributed by atoms with Crippen molar-refractivity contribution in [2.24, 2.45) is 0 Å². The van der Waals surface area contributed by atoms with Crippen molar-refractivity contribution in [1.82, 2.24) is 0 Å². The Balaban J connectivity index is 2.90. The van der Waals surface area contributed by atoms with E-state index >= 15 is 0 Å². The number of hydrogen-bond donors (Lipinski definition) is 0. The van der Waals surface area contributed by atoms with Crippen LogP contribution >= 0.6 is 0 Å². The Kier molecular flexibility index (Phi) is 4.33. The van der Waals surface area contributed by atoms with Crippen LogP contribution in [0.5, 0.6) is 5.75 Å². The number of nitrogens with zero attached hydrogens (tertiary/aromatic N) is 1. The number of benzene rings is 1. The van der Waals surface area contributed by atoms with Crippen molar-refractivity contribution in [2.45, 2.75) is 25.9 Å². The summed E-state index contributed by atoms with van der Waals surface area (Å²) in [5, 5.41) is 9.13. The van der Waals surface area contributed by atoms with Crippen molar-refractivity contribution < 1.29 is 9.47 Å². The van der Waals surface area contributed by atoms with Crippen LogP contribution in [0.2, 0.25) is 0 Å². The molecule has 1 unspecified atom stereocenters. The predicted molar refractivity (Wildman–Crippen MR) is 62.3 cm³/mol. The van der Waals surface area contributed by atoms with Gasteiger partial charge in [0.2, 0.25) is 0 Å². The summed E-state index contributed by atoms with van der Waals surface area (Å²) in [6.07, 6.45) is 0.529. The molecule has 0 spiro atoms. The van der Waals surface area contributed by atoms with Crippen LogP contribution in [0.25, 0.3) is 0 Å². The summed E-state index contributed by atoms with van der Waals surface area (Å²) in [6.45, 7) is 4.21. The standard InChI is InChI=1S/C13H17NO2/c1-4-16-13(2,10-14)9-11-7-5-6-8-12(11)15-3/h5-8H,4,9H2,1-3H3. The van der Waals surface area contributed by atoms with Crippen LogP contribution < -0.4 is 4.74 Å². The molecule has 0 aliphatic carbocycles. The molecular formula is C13H17NO2. The lowest BCUT2D eigenvalue weighted by Gasteiger charge is -2.22. The largest absolute Gasteiger partial charge is 0.496 e. The van der Waals surface area contributed by atoms with Crippen molar-refractivity contribution >= 4 is 0 Å². The van der Waals surface area contributed by atoms with Crippen LogP contribution in [0.15, 0.2) is 24.3 Å². The fourth-order valence-corrected chi connectivity index (χ4v) is 1.65. The fraction of sp³-hybridized carbons (Fsp3) is 0.462. The van der Waals surface area contributed by atoms with E-state index in [0.29, 0.717) is 13.0 Å². The summed E-state index contributed by atoms with van der Waals surface area (Å²) >= 11 is 0. The van der Waals surface area contributed by atoms with E-state index in [4.69, 9.17) is 14.7 Å². The van der Waals surface area contributed by atoms with Gasteiger partial charge >= 0.3 is 0 Å². The average Bonchev–Trinajstić information content (AvgIpc) is 2.30. The van der Waals surface area contributed by atoms with E-state index in [-0.39, 0.29) is 0 Å². The van der Waals surface area contributed by atoms with Crippen LogP contribution in [-0.2, 0) is 11.2 Å². The molecule has 0 aromatic heterocycles. The van der Waals surface area contributed by atoms with Gasteiger partial charge < -0.3 is 9.47 Å². The molecule has 86 valence electrons. The second-order valence-corrected chi connectivity index (χ2v) is 3.76. The fourth-order valence-electron chi connectivity index (χ4n) is 1.65. The minimum Gasteiger partial charge on any atom is -0.496 e. The molecule has 3 nitrogen and oxygen atoms in total. The first-order valence-electron chi connectivity index (χ1n) is 5.32. The maximum atomic E-state index is 9.13. The average molecular weight is 219 g/mol. The molecule has 16 heavy (non-hydrogen) atoms. The van der Waals surface area contributed by atoms with E-state index in [9.17, 15) is 0 Å². The second kappa shape index (κ2) is 5.53. The molecule has 1 atom stereocenters. The predicted octanol–water partition coefficient (Wildman–Crippen LogP) is 2.56. The van der Waals surface area contributed by atoms with E-state index < -0.39 is 5.60 Å². The molecule has 0 saturated heterocycles. The summed E-state index contributed by atoms with van der Waals surface area (Å²) in [4.78, 5) is 0. The van der Waals surface area contributed by atoms with E-state index in [1.165, 1.54) is 0 Å². The Morgan fingerprint density at radius 2 is 2.06 bits per heavy atom. The zero-order chi connectivity index (χ0) is 12.0. The van der Waals surface area contributed by atoms with Gasteiger partial charge in [-0.25, -0.2) is 0 Å². The first-order chi connectivity index (χ1) is 7.65. The SMILES string of the molecule is CCOC(C)(C#N)Cc1ccccc1OC. The van der Waals surface area contributed by atoms with Gasteiger partial charge in [0, 0.05) is 13.0 Å². The third-order valence-electron chi connectivity index (χ3n) is 2.42. The van der Waals surface area contributed by atoms with Gasteiger partial charge in [-0.3, -0.25) is 0 Å². The van der Waals surface area contributed by atoms with Crippen LogP contribution in [0, 0.1) is 11.3 Å². The lowest BCUT2D eigenvalue weighted by Crippen LogP contribution is -2.29. The van der Waals surface area contributed by atoms with Gasteiger partial charge in [0.05, 0.1) is 13.2 Å². The van der Waals surface area contributed by atoms with Crippen molar-refractivity contribution in [3.8, 4) is 11.8 Å². The zero-order valence-corrected chi connectivity index (χ0v) is 9.99. The van der Waals surface area contributed by atoms with Crippen LogP contribution in [0.4, 0.5) is 0 Å². The lowest BCUT2D eigenvalue weighted by atomic mass is 9.97. The maximum absolute atomic E-state index is 9.13. The van der Waals surface area contributed by atoms with Gasteiger partial charge in [0.25, 0.3) is 0 Å². The van der Waals surface area contributed by atoms with Crippen molar-refractivity contribution in [1.29, 1.82) is 5.26 Å². The molecule has 1 aromatic carbocycles. The van der Waals surface area contributed by atoms with Crippen LogP contribution in [-0.4, -0.2) is 19.3 Å². The maximum Gasteiger partial charge on any atom is 0.155 e. The molecular weight excluding hydrogens is 202 g/mol. The number of nitriles is 1. The van der Waals surface area contributed by atoms with Crippen LogP contribution in [0.3, 0.4) is 0 Å². The summed E-state index contributed by atoms with van der Waals surface area (Å²) in [6, 6.07) is 9.88. The number of hydrogen-bond acceptors (Lipinski definition) is 3. The third kappa shape index (κ3) is 2.98. The van der Waals surface area contributed by atoms with Gasteiger partial charge in [-0.05, 0) is 25.5 Å². The monoisotopic (exact) mass is 219 g/mol. The second-order valence-electron chi connectivity index (χ2n) is 3.76. The first-order valence-corrected chi connectivity index (χ1v) is 5.32. The van der Waals surface area contributed by atoms with E-state index in [0.717, 1.165) is 11.3 Å². The molecule has 1 rings (SSSR count). The Hall–Kier alpha value is -1.53. The molecule has 0 N–H and O–H groups in total. The molecule has 0 radical (unpaired) electrons. The Morgan fingerprint density at radius 3 is 2.62 bits per heavy atom. The van der Waals surface area contributed by atoms with Gasteiger partial charge in [-0.1, -0.05) is 18.2 Å². The van der Waals surface area contributed by atoms with Gasteiger partial charge in [-0.2, -0.15) is 5.26 Å². The number of rotatable bonds is 5. The molecule has 0 bridgehead atoms. The summed E-state index contributed by atoms with van der Waals surface area (Å²) in [5.74, 6) is 0.795. The summed E-state index contributed by atoms with van der Waals surface area (Å²) in [5.41, 5.74) is 0.200. The minimum atomic E-state index is -0.788. The molecule has 1 aromatic rings. The van der Waals surface area contributed by atoms with Gasteiger partial charge in [0.1, 0.15) is 5.75 Å². The highest BCUT2D eigenvalue weighted by atomic mass is 16.5. The van der Waals surface area contributed by atoms with E-state index in [2.05, 4.69) is 6.07 Å². The molecule has 0 amide bonds. The molecule has 0 heterocycles. The quantitative estimate of drug-likeness (QED) is 0.764. The minimum absolute atomic E-state index is 0.527. The first kappa shape index (κ1) is 12.5. The normalized spacial score (nSPS) is 13.9. The summed E-state index contributed by atoms with van der Waals surface area (Å²) < 4.78 is 10.7. The van der Waals surface area contributed by atoms with Crippen molar-refractivity contribution in [2.75, 3.05) is 13.7 Å². The highest BCUT2D eigenvalue weighted by Gasteiger charge is 2.25. The number of methoxy groups -OCH3 is 1. The summed E-state index contributed by atoms with van der Waals surface area (Å²) in [7, 11) is 1.63. The number of para-hydroxylation sites is 1. The number of ether oxygens (including phenoxy) is 2. The topological polar surface area (TPSA) is 42.2 Å². The molecule has 0 aliphatic rings. The van der Waals surface area contributed by atoms with Crippen molar-refractivity contribution in [3.05, 3.63) is 29.8 Å². The Labute approximate surface area is 96.6 Å². The molecule has 0 saturated carbocycles. The Morgan fingerprint density at radius 1 is 1.38 bits per heavy atom. The zero-order valence-electron chi connectivity index (χ0n) is 9.99. The Bertz CT molecular complexity index is 384. The smallest absolute Gasteiger partial charge is 0.155 e. The highest BCUT2D eigenvalue weighted by Crippen LogP contribution is 2.24. The van der Waals surface area contributed by atoms with E-state index in [1.807, 2.05) is 31.2 Å². The van der Waals surface area contributed by atoms with Gasteiger partial charge in [-0.15, -0.1) is 0 Å². The highest BCUT2D eigenvalue weighted by molar-refractivity contribution is 5.35. The molecule has 0 aliphatic heterocycles. The van der Waals surface area contributed by atoms with Crippen LogP contribution in [0.1, 0.15) is 19.4 Å². The van der Waals surface area contributed by atoms with E-state index in [1.54, 1.807) is 14.0 Å². The molecule has 0 fully saturated rings. The third-order valence-corrected chi connectivity index (χ3v) is 2.42. The van der Waals surface area contributed by atoms with Gasteiger partial charge in [0.15, 0.2) is 5.60 Å².